The van der Waals surface area contributed by atoms with E-state index in [9.17, 15) is 22.8 Å². The van der Waals surface area contributed by atoms with Crippen LogP contribution in [0, 0.1) is 5.92 Å². The number of amides is 2. The molecule has 0 aliphatic carbocycles. The zero-order chi connectivity index (χ0) is 15.5. The van der Waals surface area contributed by atoms with Crippen LogP contribution in [0.15, 0.2) is 0 Å². The lowest BCUT2D eigenvalue weighted by molar-refractivity contribution is -0.147. The summed E-state index contributed by atoms with van der Waals surface area (Å²) >= 11 is 0. The molecule has 0 bridgehead atoms. The van der Waals surface area contributed by atoms with E-state index in [1.165, 1.54) is 18.7 Å². The van der Waals surface area contributed by atoms with Gasteiger partial charge in [-0.15, -0.1) is 0 Å². The van der Waals surface area contributed by atoms with Crippen molar-refractivity contribution in [3.63, 3.8) is 0 Å². The molecule has 2 amide bonds. The van der Waals surface area contributed by atoms with E-state index in [2.05, 4.69) is 0 Å². The first-order chi connectivity index (χ1) is 9.11. The molecular formula is C12H19F3N2O3. The Hall–Kier alpha value is -1.47. The van der Waals surface area contributed by atoms with Crippen LogP contribution in [0.2, 0.25) is 0 Å². The summed E-state index contributed by atoms with van der Waals surface area (Å²) in [7, 11) is 0. The SMILES string of the molecule is CC(C)N(CC(F)(F)F)C(=O)N1CCC[C@@H](C(=O)O)C1. The van der Waals surface area contributed by atoms with Crippen molar-refractivity contribution in [1.29, 1.82) is 0 Å². The average molecular weight is 296 g/mol. The highest BCUT2D eigenvalue weighted by Gasteiger charge is 2.37. The van der Waals surface area contributed by atoms with Crippen LogP contribution in [0.5, 0.6) is 0 Å². The molecule has 0 aromatic heterocycles. The molecule has 8 heteroatoms. The van der Waals surface area contributed by atoms with Crippen molar-refractivity contribution in [3.8, 4) is 0 Å². The van der Waals surface area contributed by atoms with Gasteiger partial charge < -0.3 is 14.9 Å². The lowest BCUT2D eigenvalue weighted by atomic mass is 9.98. The highest BCUT2D eigenvalue weighted by atomic mass is 19.4. The van der Waals surface area contributed by atoms with Gasteiger partial charge in [0, 0.05) is 19.1 Å². The van der Waals surface area contributed by atoms with Crippen molar-refractivity contribution in [2.45, 2.75) is 38.9 Å². The van der Waals surface area contributed by atoms with E-state index in [4.69, 9.17) is 5.11 Å². The Balaban J connectivity index is 2.76. The first-order valence-electron chi connectivity index (χ1n) is 6.47. The Morgan fingerprint density at radius 3 is 2.45 bits per heavy atom. The lowest BCUT2D eigenvalue weighted by Crippen LogP contribution is -2.53. The van der Waals surface area contributed by atoms with Crippen molar-refractivity contribution >= 4 is 12.0 Å². The highest BCUT2D eigenvalue weighted by molar-refractivity contribution is 5.77. The molecule has 0 aromatic rings. The Kier molecular flexibility index (Phi) is 5.24. The molecule has 1 aliphatic heterocycles. The van der Waals surface area contributed by atoms with Gasteiger partial charge >= 0.3 is 18.2 Å². The Morgan fingerprint density at radius 2 is 2.00 bits per heavy atom. The molecular weight excluding hydrogens is 277 g/mol. The number of carboxylic acid groups (broad SMARTS) is 1. The van der Waals surface area contributed by atoms with Gasteiger partial charge in [-0.3, -0.25) is 4.79 Å². The van der Waals surface area contributed by atoms with E-state index in [1.807, 2.05) is 0 Å². The van der Waals surface area contributed by atoms with Gasteiger partial charge in [0.05, 0.1) is 5.92 Å². The predicted molar refractivity (Wildman–Crippen MR) is 65.2 cm³/mol. The minimum absolute atomic E-state index is 0.0325. The van der Waals surface area contributed by atoms with Gasteiger partial charge in [0.15, 0.2) is 0 Å². The second-order valence-corrected chi connectivity index (χ2v) is 5.24. The maximum Gasteiger partial charge on any atom is 0.406 e. The molecule has 0 spiro atoms. The number of rotatable bonds is 3. The van der Waals surface area contributed by atoms with Gasteiger partial charge in [-0.05, 0) is 26.7 Å². The van der Waals surface area contributed by atoms with Crippen LogP contribution in [0.3, 0.4) is 0 Å². The molecule has 1 aliphatic rings. The number of alkyl halides is 3. The number of carbonyl (C=O) groups excluding carboxylic acids is 1. The smallest absolute Gasteiger partial charge is 0.406 e. The van der Waals surface area contributed by atoms with Crippen molar-refractivity contribution < 1.29 is 27.9 Å². The van der Waals surface area contributed by atoms with Gasteiger partial charge in [-0.2, -0.15) is 13.2 Å². The molecule has 116 valence electrons. The number of halogens is 3. The summed E-state index contributed by atoms with van der Waals surface area (Å²) in [4.78, 5) is 25.0. The normalized spacial score (nSPS) is 20.1. The molecule has 1 heterocycles. The Bertz CT molecular complexity index is 371. The summed E-state index contributed by atoms with van der Waals surface area (Å²) in [6.07, 6.45) is -3.54. The summed E-state index contributed by atoms with van der Waals surface area (Å²) in [5, 5.41) is 8.94. The maximum absolute atomic E-state index is 12.5. The third kappa shape index (κ3) is 4.57. The molecule has 1 atom stereocenters. The maximum atomic E-state index is 12.5. The quantitative estimate of drug-likeness (QED) is 0.868. The molecule has 5 nitrogen and oxygen atoms in total. The number of urea groups is 1. The second kappa shape index (κ2) is 6.32. The number of hydrogen-bond acceptors (Lipinski definition) is 2. The topological polar surface area (TPSA) is 60.9 Å². The molecule has 1 rings (SSSR count). The molecule has 1 saturated heterocycles. The van der Waals surface area contributed by atoms with Crippen LogP contribution in [-0.4, -0.2) is 58.8 Å². The minimum Gasteiger partial charge on any atom is -0.481 e. The zero-order valence-corrected chi connectivity index (χ0v) is 11.5. The molecule has 20 heavy (non-hydrogen) atoms. The van der Waals surface area contributed by atoms with Crippen LogP contribution >= 0.6 is 0 Å². The minimum atomic E-state index is -4.47. The van der Waals surface area contributed by atoms with Crippen molar-refractivity contribution in [2.24, 2.45) is 5.92 Å². The van der Waals surface area contributed by atoms with Crippen LogP contribution in [0.25, 0.3) is 0 Å². The van der Waals surface area contributed by atoms with E-state index in [0.717, 1.165) is 4.90 Å². The average Bonchev–Trinajstić information content (AvgIpc) is 2.34. The lowest BCUT2D eigenvalue weighted by Gasteiger charge is -2.37. The van der Waals surface area contributed by atoms with Crippen molar-refractivity contribution in [2.75, 3.05) is 19.6 Å². The van der Waals surface area contributed by atoms with Gasteiger partial charge in [0.25, 0.3) is 0 Å². The van der Waals surface area contributed by atoms with Crippen LogP contribution in [0.4, 0.5) is 18.0 Å². The van der Waals surface area contributed by atoms with Crippen LogP contribution in [-0.2, 0) is 4.79 Å². The van der Waals surface area contributed by atoms with Crippen molar-refractivity contribution in [1.82, 2.24) is 9.80 Å². The summed E-state index contributed by atoms with van der Waals surface area (Å²) in [5.74, 6) is -1.72. The van der Waals surface area contributed by atoms with E-state index in [1.54, 1.807) is 0 Å². The molecule has 0 radical (unpaired) electrons. The third-order valence-electron chi connectivity index (χ3n) is 3.26. The van der Waals surface area contributed by atoms with E-state index < -0.39 is 36.7 Å². The van der Waals surface area contributed by atoms with Crippen LogP contribution < -0.4 is 0 Å². The summed E-state index contributed by atoms with van der Waals surface area (Å²) in [6.45, 7) is 1.95. The van der Waals surface area contributed by atoms with Crippen LogP contribution in [0.1, 0.15) is 26.7 Å². The molecule has 0 saturated carbocycles. The molecule has 1 N–H and O–H groups in total. The number of aliphatic carboxylic acids is 1. The zero-order valence-electron chi connectivity index (χ0n) is 11.5. The van der Waals surface area contributed by atoms with E-state index in [-0.39, 0.29) is 6.54 Å². The number of carboxylic acids is 1. The van der Waals surface area contributed by atoms with Gasteiger partial charge in [0.2, 0.25) is 0 Å². The highest BCUT2D eigenvalue weighted by Crippen LogP contribution is 2.22. The fourth-order valence-corrected chi connectivity index (χ4v) is 2.20. The Labute approximate surface area is 115 Å². The van der Waals surface area contributed by atoms with E-state index in [0.29, 0.717) is 19.4 Å². The Morgan fingerprint density at radius 1 is 1.40 bits per heavy atom. The first kappa shape index (κ1) is 16.6. The summed E-state index contributed by atoms with van der Waals surface area (Å²) < 4.78 is 37.5. The largest absolute Gasteiger partial charge is 0.481 e. The fourth-order valence-electron chi connectivity index (χ4n) is 2.20. The number of hydrogen-bond donors (Lipinski definition) is 1. The van der Waals surface area contributed by atoms with E-state index >= 15 is 0 Å². The first-order valence-corrected chi connectivity index (χ1v) is 6.47. The molecule has 0 aromatic carbocycles. The third-order valence-corrected chi connectivity index (χ3v) is 3.26. The van der Waals surface area contributed by atoms with Gasteiger partial charge in [-0.1, -0.05) is 0 Å². The van der Waals surface area contributed by atoms with Gasteiger partial charge in [0.1, 0.15) is 6.54 Å². The monoisotopic (exact) mass is 296 g/mol. The standard InChI is InChI=1S/C12H19F3N2O3/c1-8(2)17(7-12(13,14)15)11(20)16-5-3-4-9(6-16)10(18)19/h8-9H,3-7H2,1-2H3,(H,18,19)/t9-/m1/s1. The second-order valence-electron chi connectivity index (χ2n) is 5.24. The number of nitrogens with zero attached hydrogens (tertiary/aromatic N) is 2. The number of likely N-dealkylation sites (tertiary alicyclic amines) is 1. The number of piperidine rings is 1. The van der Waals surface area contributed by atoms with Crippen molar-refractivity contribution in [3.05, 3.63) is 0 Å². The predicted octanol–water partition coefficient (Wildman–Crippen LogP) is 2.18. The number of carbonyl (C=O) groups is 2. The molecule has 0 unspecified atom stereocenters. The fraction of sp³-hybridized carbons (Fsp3) is 0.833. The molecule has 1 fully saturated rings. The summed E-state index contributed by atoms with van der Waals surface area (Å²) in [6, 6.07) is -1.35. The summed E-state index contributed by atoms with van der Waals surface area (Å²) in [5.41, 5.74) is 0. The van der Waals surface area contributed by atoms with Gasteiger partial charge in [-0.25, -0.2) is 4.79 Å².